The second-order valence-electron chi connectivity index (χ2n) is 8.16. The zero-order valence-corrected chi connectivity index (χ0v) is 18.3. The second-order valence-corrected chi connectivity index (χ2v) is 8.16. The summed E-state index contributed by atoms with van der Waals surface area (Å²) in [5.74, 6) is 0.525. The lowest BCUT2D eigenvalue weighted by atomic mass is 10.0. The second kappa shape index (κ2) is 14.9. The molecule has 5 heteroatoms. The number of alkyl halides is 2. The Bertz CT molecular complexity index is 690. The maximum Gasteiger partial charge on any atom is 0.165 e. The van der Waals surface area contributed by atoms with E-state index in [-0.39, 0.29) is 32.2 Å². The number of benzene rings is 2. The monoisotopic (exact) mass is 434 g/mol. The van der Waals surface area contributed by atoms with Gasteiger partial charge in [-0.15, -0.1) is 0 Å². The van der Waals surface area contributed by atoms with Crippen molar-refractivity contribution in [1.82, 2.24) is 0 Å². The molecule has 0 amide bonds. The fourth-order valence-electron chi connectivity index (χ4n) is 3.56. The molecule has 2 aromatic carbocycles. The Balaban J connectivity index is 1.55. The molecule has 0 aliphatic heterocycles. The molecule has 2 rings (SSSR count). The highest BCUT2D eigenvalue weighted by Crippen LogP contribution is 2.23. The molecule has 0 saturated heterocycles. The molecule has 2 unspecified atom stereocenters. The summed E-state index contributed by atoms with van der Waals surface area (Å²) >= 11 is 0. The van der Waals surface area contributed by atoms with Crippen molar-refractivity contribution < 1.29 is 23.7 Å². The highest BCUT2D eigenvalue weighted by Gasteiger charge is 2.20. The van der Waals surface area contributed by atoms with Gasteiger partial charge in [0.1, 0.15) is 18.5 Å². The van der Waals surface area contributed by atoms with Crippen LogP contribution in [-0.4, -0.2) is 42.4 Å². The molecule has 0 fully saturated rings. The van der Waals surface area contributed by atoms with Gasteiger partial charge < -0.3 is 14.9 Å². The highest BCUT2D eigenvalue weighted by atomic mass is 19.2. The van der Waals surface area contributed by atoms with Gasteiger partial charge >= 0.3 is 0 Å². The van der Waals surface area contributed by atoms with Crippen molar-refractivity contribution in [3.63, 3.8) is 0 Å². The number of hydrogen-bond acceptors (Lipinski definition) is 3. The molecular weight excluding hydrogens is 398 g/mol. The lowest BCUT2D eigenvalue weighted by Gasteiger charge is -2.15. The normalized spacial score (nSPS) is 13.3. The summed E-state index contributed by atoms with van der Waals surface area (Å²) in [6, 6.07) is 17.3. The van der Waals surface area contributed by atoms with Crippen molar-refractivity contribution in [2.45, 2.75) is 63.7 Å². The molecule has 0 heterocycles. The van der Waals surface area contributed by atoms with E-state index in [2.05, 4.69) is 0 Å². The number of ether oxygens (including phenoxy) is 1. The Hall–Kier alpha value is -1.98. The third kappa shape index (κ3) is 9.79. The van der Waals surface area contributed by atoms with Crippen molar-refractivity contribution in [1.29, 1.82) is 0 Å². The third-order valence-corrected chi connectivity index (χ3v) is 5.62. The smallest absolute Gasteiger partial charge is 0.165 e. The van der Waals surface area contributed by atoms with Crippen LogP contribution in [0.25, 0.3) is 11.1 Å². The minimum absolute atomic E-state index is 0.0159. The van der Waals surface area contributed by atoms with Gasteiger partial charge in [0.2, 0.25) is 0 Å². The van der Waals surface area contributed by atoms with Gasteiger partial charge in [0, 0.05) is 19.1 Å². The first kappa shape index (κ1) is 25.3. The number of hydrogen-bond donors (Lipinski definition) is 2. The van der Waals surface area contributed by atoms with Crippen LogP contribution in [0, 0.1) is 5.92 Å². The zero-order valence-electron chi connectivity index (χ0n) is 18.3. The third-order valence-electron chi connectivity index (χ3n) is 5.62. The van der Waals surface area contributed by atoms with Crippen LogP contribution in [0.15, 0.2) is 54.6 Å². The molecule has 0 radical (unpaired) electrons. The predicted octanol–water partition coefficient (Wildman–Crippen LogP) is 6.13. The van der Waals surface area contributed by atoms with E-state index in [1.165, 1.54) is 0 Å². The SMILES string of the molecule is OCC(CO)CCCCCCCCC(F)C(F)COc1ccc(-c2ccccc2)cc1. The van der Waals surface area contributed by atoms with E-state index in [1.54, 1.807) is 12.1 Å². The van der Waals surface area contributed by atoms with Crippen LogP contribution in [0.4, 0.5) is 8.78 Å². The number of rotatable bonds is 16. The number of aliphatic hydroxyl groups excluding tert-OH is 2. The first-order valence-electron chi connectivity index (χ1n) is 11.4. The lowest BCUT2D eigenvalue weighted by Crippen LogP contribution is -2.24. The molecule has 3 nitrogen and oxygen atoms in total. The lowest BCUT2D eigenvalue weighted by molar-refractivity contribution is 0.101. The molecule has 0 aromatic heterocycles. The molecule has 0 saturated carbocycles. The van der Waals surface area contributed by atoms with E-state index < -0.39 is 12.3 Å². The van der Waals surface area contributed by atoms with Gasteiger partial charge in [-0.25, -0.2) is 8.78 Å². The van der Waals surface area contributed by atoms with Crippen LogP contribution in [-0.2, 0) is 0 Å². The van der Waals surface area contributed by atoms with Gasteiger partial charge in [0.15, 0.2) is 6.17 Å². The summed E-state index contributed by atoms with van der Waals surface area (Å²) < 4.78 is 33.6. The molecule has 172 valence electrons. The standard InChI is InChI=1S/C26H36F2O3/c27-25(13-9-4-2-1-3-6-10-21(18-29)19-30)26(28)20-31-24-16-14-23(15-17-24)22-11-7-5-8-12-22/h5,7-8,11-12,14-17,21,25-26,29-30H,1-4,6,9-10,13,18-20H2. The van der Waals surface area contributed by atoms with E-state index in [0.29, 0.717) is 12.2 Å². The van der Waals surface area contributed by atoms with Crippen LogP contribution < -0.4 is 4.74 Å². The molecule has 2 N–H and O–H groups in total. The van der Waals surface area contributed by atoms with Crippen molar-refractivity contribution in [2.75, 3.05) is 19.8 Å². The van der Waals surface area contributed by atoms with E-state index in [1.807, 2.05) is 42.5 Å². The summed E-state index contributed by atoms with van der Waals surface area (Å²) in [6.45, 7) is -0.217. The molecule has 31 heavy (non-hydrogen) atoms. The van der Waals surface area contributed by atoms with Crippen LogP contribution in [0.2, 0.25) is 0 Å². The maximum absolute atomic E-state index is 14.1. The van der Waals surface area contributed by atoms with Crippen LogP contribution in [0.3, 0.4) is 0 Å². The van der Waals surface area contributed by atoms with Crippen molar-refractivity contribution in [2.24, 2.45) is 5.92 Å². The van der Waals surface area contributed by atoms with E-state index in [4.69, 9.17) is 14.9 Å². The molecule has 0 spiro atoms. The molecule has 0 aliphatic carbocycles. The van der Waals surface area contributed by atoms with Gasteiger partial charge in [-0.1, -0.05) is 81.0 Å². The first-order valence-corrected chi connectivity index (χ1v) is 11.4. The van der Waals surface area contributed by atoms with Crippen LogP contribution >= 0.6 is 0 Å². The summed E-state index contributed by atoms with van der Waals surface area (Å²) in [5.41, 5.74) is 2.15. The number of unbranched alkanes of at least 4 members (excludes halogenated alkanes) is 5. The molecular formula is C26H36F2O3. The molecule has 2 aromatic rings. The van der Waals surface area contributed by atoms with Crippen LogP contribution in [0.1, 0.15) is 51.4 Å². The van der Waals surface area contributed by atoms with Crippen molar-refractivity contribution >= 4 is 0 Å². The fourth-order valence-corrected chi connectivity index (χ4v) is 3.56. The largest absolute Gasteiger partial charge is 0.490 e. The molecule has 0 bridgehead atoms. The van der Waals surface area contributed by atoms with E-state index >= 15 is 0 Å². The maximum atomic E-state index is 14.1. The van der Waals surface area contributed by atoms with Gasteiger partial charge in [-0.3, -0.25) is 0 Å². The summed E-state index contributed by atoms with van der Waals surface area (Å²) in [5, 5.41) is 18.0. The Morgan fingerprint density at radius 3 is 1.81 bits per heavy atom. The topological polar surface area (TPSA) is 49.7 Å². The highest BCUT2D eigenvalue weighted by molar-refractivity contribution is 5.63. The number of aliphatic hydroxyl groups is 2. The Labute approximate surface area is 185 Å². The number of halogens is 2. The van der Waals surface area contributed by atoms with Gasteiger partial charge in [0.25, 0.3) is 0 Å². The minimum atomic E-state index is -1.62. The molecule has 2 atom stereocenters. The minimum Gasteiger partial charge on any atom is -0.490 e. The fraction of sp³-hybridized carbons (Fsp3) is 0.538. The van der Waals surface area contributed by atoms with Crippen LogP contribution in [0.5, 0.6) is 5.75 Å². The Morgan fingerprint density at radius 1 is 0.645 bits per heavy atom. The molecule has 0 aliphatic rings. The van der Waals surface area contributed by atoms with Gasteiger partial charge in [0.05, 0.1) is 0 Å². The summed E-state index contributed by atoms with van der Waals surface area (Å²) in [4.78, 5) is 0. The Kier molecular flexibility index (Phi) is 12.2. The Morgan fingerprint density at radius 2 is 1.19 bits per heavy atom. The summed E-state index contributed by atoms with van der Waals surface area (Å²) in [6.07, 6.45) is 3.54. The zero-order chi connectivity index (χ0) is 22.3. The first-order chi connectivity index (χ1) is 15.1. The van der Waals surface area contributed by atoms with E-state index in [9.17, 15) is 8.78 Å². The summed E-state index contributed by atoms with van der Waals surface area (Å²) in [7, 11) is 0. The van der Waals surface area contributed by atoms with Crippen molar-refractivity contribution in [3.8, 4) is 16.9 Å². The quantitative estimate of drug-likeness (QED) is 0.313. The van der Waals surface area contributed by atoms with E-state index in [0.717, 1.165) is 49.7 Å². The predicted molar refractivity (Wildman–Crippen MR) is 122 cm³/mol. The van der Waals surface area contributed by atoms with Gasteiger partial charge in [-0.2, -0.15) is 0 Å². The average molecular weight is 435 g/mol. The van der Waals surface area contributed by atoms with Crippen molar-refractivity contribution in [3.05, 3.63) is 54.6 Å². The average Bonchev–Trinajstić information content (AvgIpc) is 2.82. The van der Waals surface area contributed by atoms with Gasteiger partial charge in [-0.05, 0) is 36.1 Å².